The van der Waals surface area contributed by atoms with Crippen LogP contribution in [0.25, 0.3) is 0 Å². The lowest BCUT2D eigenvalue weighted by Gasteiger charge is -2.24. The van der Waals surface area contributed by atoms with Crippen LogP contribution in [0.15, 0.2) is 47.1 Å². The summed E-state index contributed by atoms with van der Waals surface area (Å²) in [6.45, 7) is 0.798. The van der Waals surface area contributed by atoms with Gasteiger partial charge in [-0.05, 0) is 36.6 Å². The molecule has 3 heteroatoms. The molecular weight excluding hydrogens is 250 g/mol. The first kappa shape index (κ1) is 11.8. The molecule has 1 saturated carbocycles. The van der Waals surface area contributed by atoms with Crippen LogP contribution in [0, 0.1) is 0 Å². The van der Waals surface area contributed by atoms with Crippen molar-refractivity contribution in [1.82, 2.24) is 0 Å². The van der Waals surface area contributed by atoms with Crippen LogP contribution >= 0.6 is 0 Å². The van der Waals surface area contributed by atoms with Gasteiger partial charge in [-0.1, -0.05) is 31.0 Å². The van der Waals surface area contributed by atoms with Crippen molar-refractivity contribution in [2.24, 2.45) is 0 Å². The number of fused-ring (bicyclic) bond motifs is 2. The van der Waals surface area contributed by atoms with Crippen LogP contribution in [-0.2, 0) is 5.41 Å². The van der Waals surface area contributed by atoms with Gasteiger partial charge in [0, 0.05) is 17.6 Å². The number of carbonyl (C=O) groups excluding carboxylic acids is 1. The van der Waals surface area contributed by atoms with Crippen LogP contribution < -0.4 is 4.90 Å². The fourth-order valence-electron chi connectivity index (χ4n) is 3.82. The van der Waals surface area contributed by atoms with Crippen molar-refractivity contribution >= 4 is 11.6 Å². The van der Waals surface area contributed by atoms with E-state index in [1.54, 1.807) is 18.4 Å². The number of rotatable bonds is 1. The molecule has 4 rings (SSSR count). The van der Waals surface area contributed by atoms with Gasteiger partial charge in [-0.3, -0.25) is 4.79 Å². The highest BCUT2D eigenvalue weighted by Crippen LogP contribution is 2.50. The van der Waals surface area contributed by atoms with Gasteiger partial charge in [0.2, 0.25) is 0 Å². The van der Waals surface area contributed by atoms with Gasteiger partial charge in [0.25, 0.3) is 5.91 Å². The standard InChI is InChI=1S/C17H17NO2/c19-16(15-8-5-11-20-15)18-12-17(9-3-4-10-17)13-6-1-2-7-14(13)18/h1-2,5-8,11H,3-4,9-10,12H2. The minimum atomic E-state index is -0.0220. The first-order valence-electron chi connectivity index (χ1n) is 7.25. The lowest BCUT2D eigenvalue weighted by Crippen LogP contribution is -2.35. The van der Waals surface area contributed by atoms with E-state index in [9.17, 15) is 4.79 Å². The highest BCUT2D eigenvalue weighted by atomic mass is 16.3. The highest BCUT2D eigenvalue weighted by Gasteiger charge is 2.46. The number of benzene rings is 1. The second kappa shape index (κ2) is 4.23. The second-order valence-corrected chi connectivity index (χ2v) is 5.87. The summed E-state index contributed by atoms with van der Waals surface area (Å²) in [5, 5.41) is 0. The van der Waals surface area contributed by atoms with Crippen molar-refractivity contribution in [3.05, 3.63) is 54.0 Å². The molecule has 0 atom stereocenters. The van der Waals surface area contributed by atoms with E-state index < -0.39 is 0 Å². The first-order chi connectivity index (χ1) is 9.80. The Hall–Kier alpha value is -2.03. The maximum Gasteiger partial charge on any atom is 0.293 e. The fourth-order valence-corrected chi connectivity index (χ4v) is 3.82. The molecule has 2 aliphatic rings. The van der Waals surface area contributed by atoms with Gasteiger partial charge in [-0.15, -0.1) is 0 Å². The number of hydrogen-bond donors (Lipinski definition) is 0. The molecule has 1 aliphatic carbocycles. The molecule has 1 amide bonds. The predicted molar refractivity (Wildman–Crippen MR) is 77.0 cm³/mol. The number of para-hydroxylation sites is 1. The zero-order chi connectivity index (χ0) is 13.6. The smallest absolute Gasteiger partial charge is 0.293 e. The Bertz CT molecular complexity index is 639. The Morgan fingerprint density at radius 1 is 1.10 bits per heavy atom. The van der Waals surface area contributed by atoms with Crippen molar-refractivity contribution in [3.63, 3.8) is 0 Å². The first-order valence-corrected chi connectivity index (χ1v) is 7.25. The Morgan fingerprint density at radius 2 is 1.90 bits per heavy atom. The molecule has 0 unspecified atom stereocenters. The van der Waals surface area contributed by atoms with Gasteiger partial charge in [0.1, 0.15) is 0 Å². The zero-order valence-corrected chi connectivity index (χ0v) is 11.3. The van der Waals surface area contributed by atoms with Crippen LogP contribution in [-0.4, -0.2) is 12.5 Å². The summed E-state index contributed by atoms with van der Waals surface area (Å²) in [7, 11) is 0. The summed E-state index contributed by atoms with van der Waals surface area (Å²) >= 11 is 0. The second-order valence-electron chi connectivity index (χ2n) is 5.87. The Labute approximate surface area is 118 Å². The van der Waals surface area contributed by atoms with Gasteiger partial charge < -0.3 is 9.32 Å². The van der Waals surface area contributed by atoms with E-state index in [4.69, 9.17) is 4.42 Å². The van der Waals surface area contributed by atoms with Crippen molar-refractivity contribution in [1.29, 1.82) is 0 Å². The Kier molecular flexibility index (Phi) is 2.49. The topological polar surface area (TPSA) is 33.5 Å². The van der Waals surface area contributed by atoms with Crippen LogP contribution in [0.5, 0.6) is 0 Å². The molecule has 20 heavy (non-hydrogen) atoms. The van der Waals surface area contributed by atoms with E-state index in [-0.39, 0.29) is 11.3 Å². The van der Waals surface area contributed by atoms with Crippen molar-refractivity contribution in [3.8, 4) is 0 Å². The predicted octanol–water partition coefficient (Wildman–Crippen LogP) is 3.75. The van der Waals surface area contributed by atoms with Crippen LogP contribution in [0.1, 0.15) is 41.8 Å². The molecule has 2 aromatic rings. The van der Waals surface area contributed by atoms with Crippen molar-refractivity contribution < 1.29 is 9.21 Å². The third-order valence-corrected chi connectivity index (χ3v) is 4.76. The lowest BCUT2D eigenvalue weighted by molar-refractivity contribution is 0.0958. The Morgan fingerprint density at radius 3 is 2.65 bits per heavy atom. The minimum absolute atomic E-state index is 0.0220. The third kappa shape index (κ3) is 1.56. The van der Waals surface area contributed by atoms with E-state index in [1.807, 2.05) is 11.0 Å². The quantitative estimate of drug-likeness (QED) is 0.788. The van der Waals surface area contributed by atoms with Gasteiger partial charge in [0.05, 0.1) is 6.26 Å². The van der Waals surface area contributed by atoms with E-state index >= 15 is 0 Å². The maximum absolute atomic E-state index is 12.6. The summed E-state index contributed by atoms with van der Waals surface area (Å²) in [6, 6.07) is 11.8. The van der Waals surface area contributed by atoms with Crippen LogP contribution in [0.3, 0.4) is 0 Å². The Balaban J connectivity index is 1.78. The number of hydrogen-bond acceptors (Lipinski definition) is 2. The minimum Gasteiger partial charge on any atom is -0.459 e. The fraction of sp³-hybridized carbons (Fsp3) is 0.353. The van der Waals surface area contributed by atoms with E-state index in [0.29, 0.717) is 5.76 Å². The van der Waals surface area contributed by atoms with Crippen LogP contribution in [0.2, 0.25) is 0 Å². The molecule has 1 aliphatic heterocycles. The number of amides is 1. The van der Waals surface area contributed by atoms with Gasteiger partial charge in [-0.2, -0.15) is 0 Å². The normalized spacial score (nSPS) is 19.5. The maximum atomic E-state index is 12.6. The van der Waals surface area contributed by atoms with Gasteiger partial charge >= 0.3 is 0 Å². The number of furan rings is 1. The molecule has 1 spiro atoms. The van der Waals surface area contributed by atoms with Crippen molar-refractivity contribution in [2.75, 3.05) is 11.4 Å². The van der Waals surface area contributed by atoms with Gasteiger partial charge in [-0.25, -0.2) is 0 Å². The number of anilines is 1. The summed E-state index contributed by atoms with van der Waals surface area (Å²) in [6.07, 6.45) is 6.45. The number of nitrogens with zero attached hydrogens (tertiary/aromatic N) is 1. The van der Waals surface area contributed by atoms with E-state index in [2.05, 4.69) is 18.2 Å². The number of carbonyl (C=O) groups is 1. The lowest BCUT2D eigenvalue weighted by atomic mass is 9.81. The molecule has 0 radical (unpaired) electrons. The largest absolute Gasteiger partial charge is 0.459 e. The molecular formula is C17H17NO2. The van der Waals surface area contributed by atoms with E-state index in [1.165, 1.54) is 31.2 Å². The molecule has 1 fully saturated rings. The molecule has 0 bridgehead atoms. The summed E-state index contributed by atoms with van der Waals surface area (Å²) in [4.78, 5) is 14.5. The zero-order valence-electron chi connectivity index (χ0n) is 11.3. The molecule has 0 N–H and O–H groups in total. The summed E-state index contributed by atoms with van der Waals surface area (Å²) in [5.41, 5.74) is 2.59. The van der Waals surface area contributed by atoms with E-state index in [0.717, 1.165) is 12.2 Å². The molecule has 0 saturated heterocycles. The molecule has 3 nitrogen and oxygen atoms in total. The van der Waals surface area contributed by atoms with Gasteiger partial charge in [0.15, 0.2) is 5.76 Å². The SMILES string of the molecule is O=C(c1ccco1)N1CC2(CCCC2)c2ccccc21. The molecule has 1 aromatic carbocycles. The average Bonchev–Trinajstić information content (AvgIpc) is 3.21. The monoisotopic (exact) mass is 267 g/mol. The summed E-state index contributed by atoms with van der Waals surface area (Å²) in [5.74, 6) is 0.404. The average molecular weight is 267 g/mol. The molecule has 1 aromatic heterocycles. The molecule has 2 heterocycles. The molecule has 102 valence electrons. The van der Waals surface area contributed by atoms with Crippen molar-refractivity contribution in [2.45, 2.75) is 31.1 Å². The van der Waals surface area contributed by atoms with Crippen LogP contribution in [0.4, 0.5) is 5.69 Å². The summed E-state index contributed by atoms with van der Waals surface area (Å²) < 4.78 is 5.28. The third-order valence-electron chi connectivity index (χ3n) is 4.76. The highest BCUT2D eigenvalue weighted by molar-refractivity contribution is 6.06.